The quantitative estimate of drug-likeness (QED) is 0.707. The summed E-state index contributed by atoms with van der Waals surface area (Å²) in [6.07, 6.45) is 9.37. The summed E-state index contributed by atoms with van der Waals surface area (Å²) in [5.74, 6) is 2.06. The van der Waals surface area contributed by atoms with Gasteiger partial charge in [0.2, 0.25) is 0 Å². The van der Waals surface area contributed by atoms with E-state index in [1.165, 1.54) is 19.3 Å². The van der Waals surface area contributed by atoms with Gasteiger partial charge >= 0.3 is 0 Å². The highest BCUT2D eigenvalue weighted by Crippen LogP contribution is 2.27. The molecule has 4 heteroatoms. The molecule has 0 unspecified atom stereocenters. The summed E-state index contributed by atoms with van der Waals surface area (Å²) in [4.78, 5) is 7.36. The van der Waals surface area contributed by atoms with Gasteiger partial charge in [0.05, 0.1) is 6.61 Å². The average Bonchev–Trinajstić information content (AvgIpc) is 2.93. The minimum Gasteiger partial charge on any atom is -0.493 e. The largest absolute Gasteiger partial charge is 0.493 e. The number of hydrogen-bond donors (Lipinski definition) is 1. The van der Waals surface area contributed by atoms with Crippen molar-refractivity contribution < 1.29 is 4.74 Å². The SMILES string of the molecule is Cc1cc(Cl)cc(C)c1OCCCCCCc1ncc[nH]1. The summed E-state index contributed by atoms with van der Waals surface area (Å²) < 4.78 is 5.90. The van der Waals surface area contributed by atoms with Gasteiger partial charge in [0, 0.05) is 23.8 Å². The summed E-state index contributed by atoms with van der Waals surface area (Å²) in [5.41, 5.74) is 2.22. The highest BCUT2D eigenvalue weighted by molar-refractivity contribution is 6.30. The highest BCUT2D eigenvalue weighted by Gasteiger charge is 2.05. The molecule has 0 aliphatic carbocycles. The lowest BCUT2D eigenvalue weighted by Gasteiger charge is -2.12. The van der Waals surface area contributed by atoms with Crippen LogP contribution in [0, 0.1) is 13.8 Å². The van der Waals surface area contributed by atoms with Crippen molar-refractivity contribution >= 4 is 11.6 Å². The first-order chi connectivity index (χ1) is 10.2. The number of imidazole rings is 1. The fourth-order valence-electron chi connectivity index (χ4n) is 2.48. The van der Waals surface area contributed by atoms with Gasteiger partial charge in [0.25, 0.3) is 0 Å². The molecule has 114 valence electrons. The van der Waals surface area contributed by atoms with Crippen molar-refractivity contribution in [2.75, 3.05) is 6.61 Å². The second kappa shape index (κ2) is 8.08. The fraction of sp³-hybridized carbons (Fsp3) is 0.471. The van der Waals surface area contributed by atoms with Crippen LogP contribution in [-0.2, 0) is 6.42 Å². The Morgan fingerprint density at radius 1 is 1.10 bits per heavy atom. The summed E-state index contributed by atoms with van der Waals surface area (Å²) >= 11 is 6.02. The van der Waals surface area contributed by atoms with Gasteiger partial charge in [0.1, 0.15) is 11.6 Å². The molecule has 0 aliphatic heterocycles. The number of aryl methyl sites for hydroxylation is 3. The fourth-order valence-corrected chi connectivity index (χ4v) is 2.81. The molecule has 0 amide bonds. The van der Waals surface area contributed by atoms with Gasteiger partial charge in [-0.15, -0.1) is 0 Å². The van der Waals surface area contributed by atoms with E-state index in [9.17, 15) is 0 Å². The van der Waals surface area contributed by atoms with E-state index in [0.717, 1.165) is 47.2 Å². The van der Waals surface area contributed by atoms with E-state index < -0.39 is 0 Å². The number of aromatic nitrogens is 2. The van der Waals surface area contributed by atoms with Gasteiger partial charge in [-0.2, -0.15) is 0 Å². The number of halogens is 1. The van der Waals surface area contributed by atoms with Crippen molar-refractivity contribution in [1.29, 1.82) is 0 Å². The maximum absolute atomic E-state index is 6.02. The molecular weight excluding hydrogens is 284 g/mol. The van der Waals surface area contributed by atoms with Gasteiger partial charge < -0.3 is 9.72 Å². The zero-order valence-electron chi connectivity index (χ0n) is 12.8. The Labute approximate surface area is 131 Å². The van der Waals surface area contributed by atoms with Gasteiger partial charge in [-0.05, 0) is 49.9 Å². The van der Waals surface area contributed by atoms with Crippen LogP contribution in [0.2, 0.25) is 5.02 Å². The summed E-state index contributed by atoms with van der Waals surface area (Å²) in [7, 11) is 0. The first-order valence-electron chi connectivity index (χ1n) is 7.54. The molecule has 0 bridgehead atoms. The third-order valence-corrected chi connectivity index (χ3v) is 3.75. The second-order valence-corrected chi connectivity index (χ2v) is 5.85. The van der Waals surface area contributed by atoms with Gasteiger partial charge in [-0.25, -0.2) is 4.98 Å². The molecule has 1 N–H and O–H groups in total. The number of nitrogens with zero attached hydrogens (tertiary/aromatic N) is 1. The Morgan fingerprint density at radius 2 is 1.81 bits per heavy atom. The molecule has 0 saturated heterocycles. The van der Waals surface area contributed by atoms with Crippen LogP contribution in [0.1, 0.15) is 42.6 Å². The van der Waals surface area contributed by atoms with Crippen LogP contribution in [-0.4, -0.2) is 16.6 Å². The Hall–Kier alpha value is -1.48. The molecule has 0 atom stereocenters. The van der Waals surface area contributed by atoms with Crippen molar-refractivity contribution in [3.63, 3.8) is 0 Å². The number of unbranched alkanes of at least 4 members (excludes halogenated alkanes) is 3. The zero-order chi connectivity index (χ0) is 15.1. The van der Waals surface area contributed by atoms with Crippen LogP contribution < -0.4 is 4.74 Å². The molecular formula is C17H23ClN2O. The molecule has 0 spiro atoms. The highest BCUT2D eigenvalue weighted by atomic mass is 35.5. The number of nitrogens with one attached hydrogen (secondary N) is 1. The van der Waals surface area contributed by atoms with Crippen molar-refractivity contribution in [2.45, 2.75) is 46.0 Å². The van der Waals surface area contributed by atoms with Crippen LogP contribution in [0.25, 0.3) is 0 Å². The predicted octanol–water partition coefficient (Wildman–Crippen LogP) is 4.86. The molecule has 0 radical (unpaired) electrons. The van der Waals surface area contributed by atoms with E-state index in [2.05, 4.69) is 9.97 Å². The van der Waals surface area contributed by atoms with Crippen LogP contribution in [0.15, 0.2) is 24.5 Å². The Bertz CT molecular complexity index is 529. The molecule has 0 saturated carbocycles. The van der Waals surface area contributed by atoms with Crippen molar-refractivity contribution in [1.82, 2.24) is 9.97 Å². The third kappa shape index (κ3) is 5.09. The minimum atomic E-state index is 0.768. The van der Waals surface area contributed by atoms with Crippen LogP contribution in [0.3, 0.4) is 0 Å². The molecule has 0 fully saturated rings. The number of hydrogen-bond acceptors (Lipinski definition) is 2. The number of benzene rings is 1. The zero-order valence-corrected chi connectivity index (χ0v) is 13.5. The van der Waals surface area contributed by atoms with E-state index in [1.54, 1.807) is 6.20 Å². The van der Waals surface area contributed by atoms with E-state index in [-0.39, 0.29) is 0 Å². The summed E-state index contributed by atoms with van der Waals surface area (Å²) in [6.45, 7) is 4.85. The molecule has 21 heavy (non-hydrogen) atoms. The van der Waals surface area contributed by atoms with Gasteiger partial charge in [-0.3, -0.25) is 0 Å². The topological polar surface area (TPSA) is 37.9 Å². The van der Waals surface area contributed by atoms with Crippen molar-refractivity contribution in [2.24, 2.45) is 0 Å². The maximum atomic E-state index is 6.02. The lowest BCUT2D eigenvalue weighted by molar-refractivity contribution is 0.301. The third-order valence-electron chi connectivity index (χ3n) is 3.53. The van der Waals surface area contributed by atoms with Crippen LogP contribution in [0.4, 0.5) is 0 Å². The monoisotopic (exact) mass is 306 g/mol. The standard InChI is InChI=1S/C17H23ClN2O/c1-13-11-15(18)12-14(2)17(13)21-10-6-4-3-5-7-16-19-8-9-20-16/h8-9,11-12H,3-7,10H2,1-2H3,(H,19,20). The molecule has 3 nitrogen and oxygen atoms in total. The Kier molecular flexibility index (Phi) is 6.12. The number of H-pyrrole nitrogens is 1. The number of aromatic amines is 1. The number of rotatable bonds is 8. The first-order valence-corrected chi connectivity index (χ1v) is 7.92. The van der Waals surface area contributed by atoms with Crippen molar-refractivity contribution in [3.8, 4) is 5.75 Å². The normalized spacial score (nSPS) is 10.8. The van der Waals surface area contributed by atoms with Gasteiger partial charge in [-0.1, -0.05) is 24.4 Å². The molecule has 2 rings (SSSR count). The molecule has 2 aromatic rings. The lowest BCUT2D eigenvalue weighted by Crippen LogP contribution is -2.01. The Balaban J connectivity index is 1.62. The van der Waals surface area contributed by atoms with Crippen LogP contribution in [0.5, 0.6) is 5.75 Å². The van der Waals surface area contributed by atoms with E-state index in [1.807, 2.05) is 32.2 Å². The Morgan fingerprint density at radius 3 is 2.48 bits per heavy atom. The average molecular weight is 307 g/mol. The second-order valence-electron chi connectivity index (χ2n) is 5.42. The molecule has 1 aromatic carbocycles. The number of ether oxygens (including phenoxy) is 1. The smallest absolute Gasteiger partial charge is 0.125 e. The maximum Gasteiger partial charge on any atom is 0.125 e. The van der Waals surface area contributed by atoms with Crippen LogP contribution >= 0.6 is 11.6 Å². The molecule has 0 aliphatic rings. The molecule has 1 heterocycles. The van der Waals surface area contributed by atoms with Crippen molar-refractivity contribution in [3.05, 3.63) is 46.5 Å². The predicted molar refractivity (Wildman–Crippen MR) is 87.2 cm³/mol. The van der Waals surface area contributed by atoms with E-state index in [4.69, 9.17) is 16.3 Å². The summed E-state index contributed by atoms with van der Waals surface area (Å²) in [5, 5.41) is 0.773. The minimum absolute atomic E-state index is 0.768. The first kappa shape index (κ1) is 15.9. The van der Waals surface area contributed by atoms with E-state index in [0.29, 0.717) is 0 Å². The summed E-state index contributed by atoms with van der Waals surface area (Å²) in [6, 6.07) is 3.90. The molecule has 1 aromatic heterocycles. The van der Waals surface area contributed by atoms with E-state index >= 15 is 0 Å². The lowest BCUT2D eigenvalue weighted by atomic mass is 10.1. The van der Waals surface area contributed by atoms with Gasteiger partial charge in [0.15, 0.2) is 0 Å².